The molecule has 1 unspecified atom stereocenters. The Morgan fingerprint density at radius 3 is 2.75 bits per heavy atom. The lowest BCUT2D eigenvalue weighted by Gasteiger charge is -2.19. The van der Waals surface area contributed by atoms with Crippen LogP contribution in [-0.2, 0) is 12.0 Å². The fourth-order valence-electron chi connectivity index (χ4n) is 2.23. The summed E-state index contributed by atoms with van der Waals surface area (Å²) in [6.45, 7) is 7.23. The zero-order valence-corrected chi connectivity index (χ0v) is 14.5. The van der Waals surface area contributed by atoms with Crippen molar-refractivity contribution in [2.75, 3.05) is 19.6 Å². The molecule has 24 heavy (non-hydrogen) atoms. The van der Waals surface area contributed by atoms with E-state index >= 15 is 0 Å². The summed E-state index contributed by atoms with van der Waals surface area (Å²) in [7, 11) is 0. The van der Waals surface area contributed by atoms with E-state index in [0.717, 1.165) is 24.4 Å². The molecular formula is C18H26N4O2. The highest BCUT2D eigenvalue weighted by Gasteiger charge is 2.26. The largest absolute Gasteiger partial charge is 0.463 e. The third-order valence-electron chi connectivity index (χ3n) is 3.56. The number of nitrogens with one attached hydrogen (secondary N) is 2. The minimum Gasteiger partial charge on any atom is -0.463 e. The number of nitrogens with zero attached hydrogens (tertiary/aromatic N) is 2. The van der Waals surface area contributed by atoms with Crippen LogP contribution in [0.5, 0.6) is 0 Å². The number of aliphatic hydroxyl groups is 1. The molecule has 0 aromatic carbocycles. The summed E-state index contributed by atoms with van der Waals surface area (Å²) in [5.74, 6) is 1.96. The highest BCUT2D eigenvalue weighted by Crippen LogP contribution is 2.22. The van der Waals surface area contributed by atoms with E-state index in [2.05, 4.69) is 20.6 Å². The molecule has 0 amide bonds. The molecule has 0 bridgehead atoms. The second kappa shape index (κ2) is 8.49. The normalized spacial score (nSPS) is 14.2. The lowest BCUT2D eigenvalue weighted by atomic mass is 10.0. The molecule has 2 rings (SSSR count). The molecule has 0 radical (unpaired) electrons. The van der Waals surface area contributed by atoms with Crippen molar-refractivity contribution in [3.05, 3.63) is 53.7 Å². The highest BCUT2D eigenvalue weighted by molar-refractivity contribution is 5.79. The van der Waals surface area contributed by atoms with Crippen LogP contribution in [0.2, 0.25) is 0 Å². The maximum atomic E-state index is 10.6. The number of aliphatic imine (C=N–C) groups is 1. The van der Waals surface area contributed by atoms with E-state index in [1.807, 2.05) is 38.1 Å². The summed E-state index contributed by atoms with van der Waals surface area (Å²) >= 11 is 0. The standard InChI is InChI=1S/C18H26N4O2/c1-4-19-17(21-12-10-15-7-5-6-11-20-15)22-13-18(3,23)16-9-8-14(2)24-16/h5-9,11,23H,4,10,12-13H2,1-3H3,(H2,19,21,22). The Labute approximate surface area is 143 Å². The molecule has 0 fully saturated rings. The number of aromatic nitrogens is 1. The summed E-state index contributed by atoms with van der Waals surface area (Å²) < 4.78 is 5.51. The molecule has 6 nitrogen and oxygen atoms in total. The highest BCUT2D eigenvalue weighted by atomic mass is 16.4. The third-order valence-corrected chi connectivity index (χ3v) is 3.56. The summed E-state index contributed by atoms with van der Waals surface area (Å²) in [5, 5.41) is 17.0. The molecule has 130 valence electrons. The molecule has 6 heteroatoms. The predicted octanol–water partition coefficient (Wildman–Crippen LogP) is 1.99. The van der Waals surface area contributed by atoms with Gasteiger partial charge in [-0.05, 0) is 45.0 Å². The number of aryl methyl sites for hydroxylation is 1. The van der Waals surface area contributed by atoms with Gasteiger partial charge >= 0.3 is 0 Å². The van der Waals surface area contributed by atoms with Gasteiger partial charge in [-0.2, -0.15) is 0 Å². The van der Waals surface area contributed by atoms with Crippen molar-refractivity contribution in [1.29, 1.82) is 0 Å². The van der Waals surface area contributed by atoms with Gasteiger partial charge in [-0.15, -0.1) is 0 Å². The Bertz CT molecular complexity index is 650. The molecule has 0 spiro atoms. The first-order valence-electron chi connectivity index (χ1n) is 8.22. The van der Waals surface area contributed by atoms with Crippen LogP contribution in [-0.4, -0.2) is 35.7 Å². The zero-order chi connectivity index (χ0) is 17.4. The van der Waals surface area contributed by atoms with Gasteiger partial charge in [0.05, 0.1) is 6.54 Å². The molecule has 0 saturated carbocycles. The summed E-state index contributed by atoms with van der Waals surface area (Å²) in [6, 6.07) is 9.50. The molecule has 0 saturated heterocycles. The first-order chi connectivity index (χ1) is 11.5. The lowest BCUT2D eigenvalue weighted by molar-refractivity contribution is 0.0428. The number of hydrogen-bond acceptors (Lipinski definition) is 4. The van der Waals surface area contributed by atoms with Crippen LogP contribution in [0.25, 0.3) is 0 Å². The van der Waals surface area contributed by atoms with Gasteiger partial charge in [0.2, 0.25) is 0 Å². The van der Waals surface area contributed by atoms with Crippen LogP contribution in [0, 0.1) is 6.92 Å². The molecule has 2 aromatic heterocycles. The van der Waals surface area contributed by atoms with E-state index in [1.54, 1.807) is 19.2 Å². The first-order valence-corrected chi connectivity index (χ1v) is 8.22. The topological polar surface area (TPSA) is 82.7 Å². The molecule has 3 N–H and O–H groups in total. The van der Waals surface area contributed by atoms with Crippen molar-refractivity contribution in [2.45, 2.75) is 32.8 Å². The van der Waals surface area contributed by atoms with E-state index in [0.29, 0.717) is 18.3 Å². The van der Waals surface area contributed by atoms with Gasteiger partial charge in [-0.3, -0.25) is 4.98 Å². The Kier molecular flexibility index (Phi) is 6.37. The minimum absolute atomic E-state index is 0.207. The van der Waals surface area contributed by atoms with E-state index in [1.165, 1.54) is 0 Å². The monoisotopic (exact) mass is 330 g/mol. The van der Waals surface area contributed by atoms with Crippen molar-refractivity contribution >= 4 is 5.96 Å². The Balaban J connectivity index is 1.92. The molecule has 2 aromatic rings. The average Bonchev–Trinajstić information content (AvgIpc) is 3.01. The Morgan fingerprint density at radius 1 is 1.29 bits per heavy atom. The van der Waals surface area contributed by atoms with Crippen LogP contribution in [0.1, 0.15) is 31.1 Å². The summed E-state index contributed by atoms with van der Waals surface area (Å²) in [6.07, 6.45) is 2.59. The fourth-order valence-corrected chi connectivity index (χ4v) is 2.23. The fraction of sp³-hybridized carbons (Fsp3) is 0.444. The van der Waals surface area contributed by atoms with Crippen molar-refractivity contribution in [3.8, 4) is 0 Å². The van der Waals surface area contributed by atoms with Crippen molar-refractivity contribution < 1.29 is 9.52 Å². The quantitative estimate of drug-likeness (QED) is 0.534. The number of furan rings is 1. The first kappa shape index (κ1) is 18.0. The van der Waals surface area contributed by atoms with Gasteiger partial charge in [-0.1, -0.05) is 6.07 Å². The van der Waals surface area contributed by atoms with Crippen LogP contribution < -0.4 is 10.6 Å². The van der Waals surface area contributed by atoms with E-state index in [-0.39, 0.29) is 6.54 Å². The number of hydrogen-bond donors (Lipinski definition) is 3. The van der Waals surface area contributed by atoms with Gasteiger partial charge in [0.1, 0.15) is 17.1 Å². The van der Waals surface area contributed by atoms with Crippen molar-refractivity contribution in [3.63, 3.8) is 0 Å². The van der Waals surface area contributed by atoms with Gasteiger partial charge < -0.3 is 20.2 Å². The molecule has 0 aliphatic heterocycles. The maximum Gasteiger partial charge on any atom is 0.191 e. The number of guanidine groups is 1. The van der Waals surface area contributed by atoms with Gasteiger partial charge in [0, 0.05) is 31.4 Å². The van der Waals surface area contributed by atoms with Gasteiger partial charge in [-0.25, -0.2) is 4.99 Å². The molecule has 2 heterocycles. The van der Waals surface area contributed by atoms with E-state index in [4.69, 9.17) is 4.42 Å². The maximum absolute atomic E-state index is 10.6. The lowest BCUT2D eigenvalue weighted by Crippen LogP contribution is -2.39. The van der Waals surface area contributed by atoms with Gasteiger partial charge in [0.25, 0.3) is 0 Å². The van der Waals surface area contributed by atoms with Crippen LogP contribution >= 0.6 is 0 Å². The van der Waals surface area contributed by atoms with Crippen LogP contribution in [0.4, 0.5) is 0 Å². The summed E-state index contributed by atoms with van der Waals surface area (Å²) in [5.41, 5.74) is -0.115. The van der Waals surface area contributed by atoms with E-state index in [9.17, 15) is 5.11 Å². The smallest absolute Gasteiger partial charge is 0.191 e. The Hall–Kier alpha value is -2.34. The zero-order valence-electron chi connectivity index (χ0n) is 14.5. The SMILES string of the molecule is CCNC(=NCC(C)(O)c1ccc(C)o1)NCCc1ccccn1. The number of pyridine rings is 1. The summed E-state index contributed by atoms with van der Waals surface area (Å²) in [4.78, 5) is 8.76. The van der Waals surface area contributed by atoms with E-state index < -0.39 is 5.60 Å². The molecule has 1 atom stereocenters. The molecular weight excluding hydrogens is 304 g/mol. The van der Waals surface area contributed by atoms with Crippen LogP contribution in [0.3, 0.4) is 0 Å². The third kappa shape index (κ3) is 5.38. The van der Waals surface area contributed by atoms with Crippen LogP contribution in [0.15, 0.2) is 45.9 Å². The molecule has 0 aliphatic carbocycles. The Morgan fingerprint density at radius 2 is 2.12 bits per heavy atom. The van der Waals surface area contributed by atoms with Crippen molar-refractivity contribution in [1.82, 2.24) is 15.6 Å². The van der Waals surface area contributed by atoms with Crippen molar-refractivity contribution in [2.24, 2.45) is 4.99 Å². The second-order valence-corrected chi connectivity index (χ2v) is 5.88. The van der Waals surface area contributed by atoms with Gasteiger partial charge in [0.15, 0.2) is 5.96 Å². The minimum atomic E-state index is -1.14. The second-order valence-electron chi connectivity index (χ2n) is 5.88. The average molecular weight is 330 g/mol. The number of rotatable bonds is 7. The molecule has 0 aliphatic rings. The predicted molar refractivity (Wildman–Crippen MR) is 94.9 cm³/mol.